The number of Topliss-reactive ketones (excluding diaryl/α,β-unsaturated/α-hetero) is 1. The predicted molar refractivity (Wildman–Crippen MR) is 80.0 cm³/mol. The number of hydrogen-bond donors (Lipinski definition) is 0. The Morgan fingerprint density at radius 1 is 1.19 bits per heavy atom. The monoisotopic (exact) mass is 297 g/mol. The van der Waals surface area contributed by atoms with Crippen LogP contribution in [0.2, 0.25) is 0 Å². The van der Waals surface area contributed by atoms with Gasteiger partial charge in [-0.3, -0.25) is 4.79 Å². The summed E-state index contributed by atoms with van der Waals surface area (Å²) >= 11 is 1.40. The molecular weight excluding hydrogens is 286 g/mol. The maximum Gasteiger partial charge on any atom is 0.337 e. The van der Waals surface area contributed by atoms with Crippen LogP contribution < -0.4 is 0 Å². The zero-order valence-electron chi connectivity index (χ0n) is 11.2. The van der Waals surface area contributed by atoms with E-state index in [1.807, 2.05) is 6.07 Å². The van der Waals surface area contributed by atoms with Gasteiger partial charge in [0.1, 0.15) is 11.6 Å². The summed E-state index contributed by atoms with van der Waals surface area (Å²) in [7, 11) is 1.31. The normalized spacial score (nSPS) is 10.8. The summed E-state index contributed by atoms with van der Waals surface area (Å²) in [5.74, 6) is -0.740. The minimum absolute atomic E-state index is 0.0548. The standard InChI is InChI=1S/C16H11NO3S/c1-20-16(19)12-4-2-11(3-5-12)8-14(9-17)15(18)13-6-7-21-10-13/h2-8,10H,1H3/b14-8+. The molecule has 2 rings (SSSR count). The molecule has 0 aliphatic rings. The Morgan fingerprint density at radius 3 is 2.43 bits per heavy atom. The molecule has 2 aromatic rings. The maximum atomic E-state index is 12.1. The Labute approximate surface area is 125 Å². The molecule has 1 aromatic heterocycles. The molecule has 4 nitrogen and oxygen atoms in total. The number of methoxy groups -OCH3 is 1. The molecule has 0 bridgehead atoms. The number of hydrogen-bond acceptors (Lipinski definition) is 5. The minimum atomic E-state index is -0.430. The van der Waals surface area contributed by atoms with Gasteiger partial charge < -0.3 is 4.74 Å². The number of carbonyl (C=O) groups is 2. The molecule has 0 spiro atoms. The first kappa shape index (κ1) is 14.7. The lowest BCUT2D eigenvalue weighted by Crippen LogP contribution is -2.01. The van der Waals surface area contributed by atoms with Crippen LogP contribution in [0, 0.1) is 11.3 Å². The zero-order chi connectivity index (χ0) is 15.2. The number of nitrogens with zero attached hydrogens (tertiary/aromatic N) is 1. The second-order valence-corrected chi connectivity index (χ2v) is 4.90. The van der Waals surface area contributed by atoms with Gasteiger partial charge in [-0.2, -0.15) is 16.6 Å². The number of ether oxygens (including phenoxy) is 1. The van der Waals surface area contributed by atoms with Crippen LogP contribution in [0.3, 0.4) is 0 Å². The molecule has 0 amide bonds. The van der Waals surface area contributed by atoms with Crippen molar-refractivity contribution in [3.63, 3.8) is 0 Å². The third-order valence-corrected chi connectivity index (χ3v) is 3.47. The number of carbonyl (C=O) groups excluding carboxylic acids is 2. The van der Waals surface area contributed by atoms with Crippen molar-refractivity contribution < 1.29 is 14.3 Å². The van der Waals surface area contributed by atoms with Crippen LogP contribution >= 0.6 is 11.3 Å². The number of esters is 1. The third-order valence-electron chi connectivity index (χ3n) is 2.79. The summed E-state index contributed by atoms with van der Waals surface area (Å²) < 4.78 is 4.61. The minimum Gasteiger partial charge on any atom is -0.465 e. The maximum absolute atomic E-state index is 12.1. The Hall–Kier alpha value is -2.71. The van der Waals surface area contributed by atoms with E-state index in [4.69, 9.17) is 5.26 Å². The second kappa shape index (κ2) is 6.64. The highest BCUT2D eigenvalue weighted by Crippen LogP contribution is 2.15. The van der Waals surface area contributed by atoms with E-state index in [2.05, 4.69) is 4.74 Å². The molecule has 0 aliphatic carbocycles. The number of nitriles is 1. The van der Waals surface area contributed by atoms with Crippen LogP contribution in [0.15, 0.2) is 46.7 Å². The van der Waals surface area contributed by atoms with Crippen molar-refractivity contribution >= 4 is 29.2 Å². The van der Waals surface area contributed by atoms with Crippen molar-refractivity contribution in [3.05, 3.63) is 63.4 Å². The molecule has 21 heavy (non-hydrogen) atoms. The average molecular weight is 297 g/mol. The molecule has 0 radical (unpaired) electrons. The Morgan fingerprint density at radius 2 is 1.90 bits per heavy atom. The van der Waals surface area contributed by atoms with Gasteiger partial charge in [0, 0.05) is 10.9 Å². The molecule has 0 saturated heterocycles. The van der Waals surface area contributed by atoms with E-state index in [1.165, 1.54) is 24.5 Å². The predicted octanol–water partition coefficient (Wildman–Crippen LogP) is 3.32. The van der Waals surface area contributed by atoms with Gasteiger partial charge in [-0.15, -0.1) is 0 Å². The fourth-order valence-electron chi connectivity index (χ4n) is 1.70. The summed E-state index contributed by atoms with van der Waals surface area (Å²) in [6, 6.07) is 10.1. The number of rotatable bonds is 4. The van der Waals surface area contributed by atoms with Crippen LogP contribution in [0.5, 0.6) is 0 Å². The lowest BCUT2D eigenvalue weighted by atomic mass is 10.0. The third kappa shape index (κ3) is 3.44. The van der Waals surface area contributed by atoms with E-state index in [0.29, 0.717) is 16.7 Å². The van der Waals surface area contributed by atoms with Crippen LogP contribution in [-0.2, 0) is 4.74 Å². The zero-order valence-corrected chi connectivity index (χ0v) is 12.0. The highest BCUT2D eigenvalue weighted by atomic mass is 32.1. The van der Waals surface area contributed by atoms with E-state index < -0.39 is 5.97 Å². The molecule has 0 unspecified atom stereocenters. The quantitative estimate of drug-likeness (QED) is 0.376. The number of thiophene rings is 1. The number of ketones is 1. The highest BCUT2D eigenvalue weighted by molar-refractivity contribution is 7.08. The van der Waals surface area contributed by atoms with Crippen molar-refractivity contribution in [1.82, 2.24) is 0 Å². The summed E-state index contributed by atoms with van der Waals surface area (Å²) in [6.45, 7) is 0. The molecule has 0 fully saturated rings. The lowest BCUT2D eigenvalue weighted by Gasteiger charge is -2.00. The van der Waals surface area contributed by atoms with Crippen LogP contribution in [-0.4, -0.2) is 18.9 Å². The number of allylic oxidation sites excluding steroid dienone is 1. The van der Waals surface area contributed by atoms with Gasteiger partial charge in [0.25, 0.3) is 0 Å². The smallest absolute Gasteiger partial charge is 0.337 e. The van der Waals surface area contributed by atoms with E-state index in [9.17, 15) is 9.59 Å². The summed E-state index contributed by atoms with van der Waals surface area (Å²) in [5, 5.41) is 12.6. The van der Waals surface area contributed by atoms with Crippen molar-refractivity contribution in [3.8, 4) is 6.07 Å². The van der Waals surface area contributed by atoms with Crippen molar-refractivity contribution in [2.45, 2.75) is 0 Å². The SMILES string of the molecule is COC(=O)c1ccc(/C=C(\C#N)C(=O)c2ccsc2)cc1. The average Bonchev–Trinajstić information content (AvgIpc) is 3.06. The molecule has 5 heteroatoms. The fourth-order valence-corrected chi connectivity index (χ4v) is 2.33. The van der Waals surface area contributed by atoms with Crippen molar-refractivity contribution in [2.24, 2.45) is 0 Å². The van der Waals surface area contributed by atoms with Crippen molar-refractivity contribution in [2.75, 3.05) is 7.11 Å². The summed E-state index contributed by atoms with van der Waals surface area (Å²) in [6.07, 6.45) is 1.50. The Balaban J connectivity index is 2.27. The van der Waals surface area contributed by atoms with E-state index in [1.54, 1.807) is 41.1 Å². The molecular formula is C16H11NO3S. The van der Waals surface area contributed by atoms with Gasteiger partial charge in [0.2, 0.25) is 5.78 Å². The second-order valence-electron chi connectivity index (χ2n) is 4.12. The van der Waals surface area contributed by atoms with Gasteiger partial charge in [-0.25, -0.2) is 4.79 Å². The van der Waals surface area contributed by atoms with E-state index >= 15 is 0 Å². The van der Waals surface area contributed by atoms with E-state index in [0.717, 1.165) is 0 Å². The van der Waals surface area contributed by atoms with Gasteiger partial charge in [0.15, 0.2) is 0 Å². The van der Waals surface area contributed by atoms with Gasteiger partial charge >= 0.3 is 5.97 Å². The highest BCUT2D eigenvalue weighted by Gasteiger charge is 2.12. The first-order valence-corrected chi connectivity index (χ1v) is 6.97. The molecule has 0 aliphatic heterocycles. The van der Waals surface area contributed by atoms with Crippen molar-refractivity contribution in [1.29, 1.82) is 5.26 Å². The van der Waals surface area contributed by atoms with Crippen LogP contribution in [0.1, 0.15) is 26.3 Å². The first-order valence-electron chi connectivity index (χ1n) is 6.03. The lowest BCUT2D eigenvalue weighted by molar-refractivity contribution is 0.0600. The van der Waals surface area contributed by atoms with Gasteiger partial charge in [-0.1, -0.05) is 12.1 Å². The number of benzene rings is 1. The van der Waals surface area contributed by atoms with E-state index in [-0.39, 0.29) is 11.4 Å². The van der Waals surface area contributed by atoms with Crippen LogP contribution in [0.25, 0.3) is 6.08 Å². The topological polar surface area (TPSA) is 67.2 Å². The Bertz CT molecular complexity index is 722. The molecule has 104 valence electrons. The Kier molecular flexibility index (Phi) is 4.64. The molecule has 0 N–H and O–H groups in total. The molecule has 0 saturated carbocycles. The molecule has 1 aromatic carbocycles. The van der Waals surface area contributed by atoms with Crippen LogP contribution in [0.4, 0.5) is 0 Å². The van der Waals surface area contributed by atoms with Gasteiger partial charge in [-0.05, 0) is 35.2 Å². The molecule has 1 heterocycles. The largest absolute Gasteiger partial charge is 0.465 e. The molecule has 0 atom stereocenters. The van der Waals surface area contributed by atoms with Gasteiger partial charge in [0.05, 0.1) is 12.7 Å². The first-order chi connectivity index (χ1) is 10.2. The fraction of sp³-hybridized carbons (Fsp3) is 0.0625. The summed E-state index contributed by atoms with van der Waals surface area (Å²) in [4.78, 5) is 23.4. The summed E-state index contributed by atoms with van der Waals surface area (Å²) in [5.41, 5.74) is 1.64.